The highest BCUT2D eigenvalue weighted by Crippen LogP contribution is 2.23. The SMILES string of the molecule is O=S(=O)(Nc1ccccc1I)N1CCCC(CO)C1. The molecule has 7 heteroatoms. The number of anilines is 1. The Morgan fingerprint density at radius 2 is 2.16 bits per heavy atom. The summed E-state index contributed by atoms with van der Waals surface area (Å²) in [5, 5.41) is 9.17. The van der Waals surface area contributed by atoms with Gasteiger partial charge in [0, 0.05) is 23.3 Å². The zero-order valence-electron chi connectivity index (χ0n) is 10.4. The van der Waals surface area contributed by atoms with Crippen LogP contribution in [-0.4, -0.2) is 37.5 Å². The number of aliphatic hydroxyl groups excluding tert-OH is 1. The van der Waals surface area contributed by atoms with Crippen LogP contribution < -0.4 is 4.72 Å². The van der Waals surface area contributed by atoms with Crippen molar-refractivity contribution in [2.75, 3.05) is 24.4 Å². The number of aliphatic hydroxyl groups is 1. The normalized spacial score (nSPS) is 21.3. The zero-order valence-corrected chi connectivity index (χ0v) is 13.4. The van der Waals surface area contributed by atoms with Gasteiger partial charge in [-0.2, -0.15) is 12.7 Å². The van der Waals surface area contributed by atoms with Crippen LogP contribution in [0.3, 0.4) is 0 Å². The molecule has 106 valence electrons. The smallest absolute Gasteiger partial charge is 0.301 e. The molecule has 1 unspecified atom stereocenters. The molecular weight excluding hydrogens is 379 g/mol. The molecule has 2 N–H and O–H groups in total. The molecule has 0 aliphatic carbocycles. The van der Waals surface area contributed by atoms with Gasteiger partial charge < -0.3 is 5.11 Å². The van der Waals surface area contributed by atoms with Crippen molar-refractivity contribution < 1.29 is 13.5 Å². The van der Waals surface area contributed by atoms with Crippen molar-refractivity contribution in [3.8, 4) is 0 Å². The maximum Gasteiger partial charge on any atom is 0.301 e. The first kappa shape index (κ1) is 15.0. The molecule has 0 aromatic heterocycles. The number of hydrogen-bond acceptors (Lipinski definition) is 3. The quantitative estimate of drug-likeness (QED) is 0.761. The predicted molar refractivity (Wildman–Crippen MR) is 83.1 cm³/mol. The highest BCUT2D eigenvalue weighted by Gasteiger charge is 2.28. The number of hydrogen-bond donors (Lipinski definition) is 2. The van der Waals surface area contributed by atoms with Crippen LogP contribution in [0.25, 0.3) is 0 Å². The van der Waals surface area contributed by atoms with Gasteiger partial charge in [-0.3, -0.25) is 4.72 Å². The van der Waals surface area contributed by atoms with Crippen LogP contribution in [-0.2, 0) is 10.2 Å². The lowest BCUT2D eigenvalue weighted by Crippen LogP contribution is -2.43. The molecule has 0 bridgehead atoms. The lowest BCUT2D eigenvalue weighted by Gasteiger charge is -2.31. The summed E-state index contributed by atoms with van der Waals surface area (Å²) in [6, 6.07) is 7.26. The van der Waals surface area contributed by atoms with Crippen LogP contribution in [0.5, 0.6) is 0 Å². The van der Waals surface area contributed by atoms with E-state index in [0.717, 1.165) is 16.4 Å². The Hall–Kier alpha value is -0.380. The van der Waals surface area contributed by atoms with Crippen LogP contribution in [0, 0.1) is 9.49 Å². The highest BCUT2D eigenvalue weighted by molar-refractivity contribution is 14.1. The molecule has 1 aliphatic heterocycles. The number of halogens is 1. The molecule has 0 amide bonds. The Balaban J connectivity index is 2.12. The van der Waals surface area contributed by atoms with Crippen molar-refractivity contribution in [3.63, 3.8) is 0 Å². The lowest BCUT2D eigenvalue weighted by molar-refractivity contribution is 0.166. The van der Waals surface area contributed by atoms with Gasteiger partial charge >= 0.3 is 10.2 Å². The van der Waals surface area contributed by atoms with E-state index in [9.17, 15) is 8.42 Å². The van der Waals surface area contributed by atoms with E-state index in [1.54, 1.807) is 12.1 Å². The van der Waals surface area contributed by atoms with Gasteiger partial charge in [-0.25, -0.2) is 0 Å². The van der Waals surface area contributed by atoms with Gasteiger partial charge in [0.15, 0.2) is 0 Å². The Labute approximate surface area is 127 Å². The Kier molecular flexibility index (Phi) is 5.04. The number of para-hydroxylation sites is 1. The monoisotopic (exact) mass is 396 g/mol. The van der Waals surface area contributed by atoms with E-state index in [-0.39, 0.29) is 12.5 Å². The molecule has 1 heterocycles. The van der Waals surface area contributed by atoms with E-state index >= 15 is 0 Å². The summed E-state index contributed by atoms with van der Waals surface area (Å²) >= 11 is 2.10. The minimum atomic E-state index is -3.53. The molecule has 0 radical (unpaired) electrons. The van der Waals surface area contributed by atoms with Crippen molar-refractivity contribution >= 4 is 38.5 Å². The van der Waals surface area contributed by atoms with Crippen molar-refractivity contribution in [1.29, 1.82) is 0 Å². The van der Waals surface area contributed by atoms with Gasteiger partial charge in [0.2, 0.25) is 0 Å². The fourth-order valence-electron chi connectivity index (χ4n) is 2.14. The zero-order chi connectivity index (χ0) is 13.9. The molecule has 1 aromatic carbocycles. The van der Waals surface area contributed by atoms with Gasteiger partial charge in [-0.15, -0.1) is 0 Å². The maximum absolute atomic E-state index is 12.3. The minimum absolute atomic E-state index is 0.0366. The molecule has 1 saturated heterocycles. The third-order valence-corrected chi connectivity index (χ3v) is 5.62. The topological polar surface area (TPSA) is 69.6 Å². The van der Waals surface area contributed by atoms with E-state index in [2.05, 4.69) is 27.3 Å². The second-order valence-corrected chi connectivity index (χ2v) is 7.47. The summed E-state index contributed by atoms with van der Waals surface area (Å²) in [4.78, 5) is 0. The number of piperidine rings is 1. The third-order valence-electron chi connectivity index (χ3n) is 3.19. The van der Waals surface area contributed by atoms with Crippen LogP contribution >= 0.6 is 22.6 Å². The first-order valence-corrected chi connectivity index (χ1v) is 8.68. The van der Waals surface area contributed by atoms with Crippen molar-refractivity contribution in [3.05, 3.63) is 27.8 Å². The number of nitrogens with one attached hydrogen (secondary N) is 1. The summed E-state index contributed by atoms with van der Waals surface area (Å²) in [5.74, 6) is 0.0418. The largest absolute Gasteiger partial charge is 0.396 e. The van der Waals surface area contributed by atoms with E-state index < -0.39 is 10.2 Å². The number of benzene rings is 1. The van der Waals surface area contributed by atoms with Crippen LogP contribution in [0.2, 0.25) is 0 Å². The Morgan fingerprint density at radius 1 is 1.42 bits per heavy atom. The van der Waals surface area contributed by atoms with Crippen LogP contribution in [0.15, 0.2) is 24.3 Å². The molecule has 0 spiro atoms. The summed E-state index contributed by atoms with van der Waals surface area (Å²) in [5.41, 5.74) is 0.592. The second-order valence-electron chi connectivity index (χ2n) is 4.64. The lowest BCUT2D eigenvalue weighted by atomic mass is 10.0. The number of rotatable bonds is 4. The van der Waals surface area contributed by atoms with E-state index in [4.69, 9.17) is 5.11 Å². The molecule has 2 rings (SSSR count). The summed E-state index contributed by atoms with van der Waals surface area (Å²) in [6.07, 6.45) is 1.67. The molecular formula is C12H17IN2O3S. The Morgan fingerprint density at radius 3 is 2.84 bits per heavy atom. The van der Waals surface area contributed by atoms with Gasteiger partial charge in [-0.05, 0) is 53.5 Å². The van der Waals surface area contributed by atoms with Crippen LogP contribution in [0.1, 0.15) is 12.8 Å². The van der Waals surface area contributed by atoms with E-state index in [1.807, 2.05) is 12.1 Å². The van der Waals surface area contributed by atoms with E-state index in [0.29, 0.717) is 18.8 Å². The maximum atomic E-state index is 12.3. The average molecular weight is 396 g/mol. The van der Waals surface area contributed by atoms with Crippen molar-refractivity contribution in [1.82, 2.24) is 4.31 Å². The predicted octanol–water partition coefficient (Wildman–Crippen LogP) is 1.65. The van der Waals surface area contributed by atoms with Gasteiger partial charge in [0.1, 0.15) is 0 Å². The molecule has 0 saturated carbocycles. The first-order valence-electron chi connectivity index (χ1n) is 6.16. The van der Waals surface area contributed by atoms with Gasteiger partial charge in [0.05, 0.1) is 5.69 Å². The van der Waals surface area contributed by atoms with Gasteiger partial charge in [0.25, 0.3) is 0 Å². The highest BCUT2D eigenvalue weighted by atomic mass is 127. The number of nitrogens with zero attached hydrogens (tertiary/aromatic N) is 1. The summed E-state index contributed by atoms with van der Waals surface area (Å²) in [6.45, 7) is 0.930. The second kappa shape index (κ2) is 6.38. The molecule has 1 atom stereocenters. The third kappa shape index (κ3) is 3.80. The standard InChI is InChI=1S/C12H17IN2O3S/c13-11-5-1-2-6-12(11)14-19(17,18)15-7-3-4-10(8-15)9-16/h1-2,5-6,10,14,16H,3-4,7-9H2. The molecule has 1 aliphatic rings. The summed E-state index contributed by atoms with van der Waals surface area (Å²) in [7, 11) is -3.53. The van der Waals surface area contributed by atoms with Crippen LogP contribution in [0.4, 0.5) is 5.69 Å². The summed E-state index contributed by atoms with van der Waals surface area (Å²) < 4.78 is 29.5. The first-order chi connectivity index (χ1) is 9.03. The Bertz CT molecular complexity index is 536. The van der Waals surface area contributed by atoms with Gasteiger partial charge in [-0.1, -0.05) is 12.1 Å². The average Bonchev–Trinajstić information content (AvgIpc) is 2.41. The fraction of sp³-hybridized carbons (Fsp3) is 0.500. The van der Waals surface area contributed by atoms with Crippen molar-refractivity contribution in [2.24, 2.45) is 5.92 Å². The van der Waals surface area contributed by atoms with E-state index in [1.165, 1.54) is 4.31 Å². The fourth-order valence-corrected chi connectivity index (χ4v) is 4.21. The molecule has 19 heavy (non-hydrogen) atoms. The van der Waals surface area contributed by atoms with Crippen molar-refractivity contribution in [2.45, 2.75) is 12.8 Å². The molecule has 1 aromatic rings. The molecule has 1 fully saturated rings. The minimum Gasteiger partial charge on any atom is -0.396 e. The molecule has 5 nitrogen and oxygen atoms in total.